The molecule has 0 aliphatic heterocycles. The Hall–Kier alpha value is -2.73. The lowest BCUT2D eigenvalue weighted by Crippen LogP contribution is -2.11. The summed E-state index contributed by atoms with van der Waals surface area (Å²) in [5.41, 5.74) is 19.5. The van der Waals surface area contributed by atoms with E-state index in [0.29, 0.717) is 10.8 Å². The fourth-order valence-electron chi connectivity index (χ4n) is 2.61. The molecule has 0 heterocycles. The van der Waals surface area contributed by atoms with Gasteiger partial charge in [0.15, 0.2) is 0 Å². The predicted octanol–water partition coefficient (Wildman–Crippen LogP) is 2.73. The highest BCUT2D eigenvalue weighted by Gasteiger charge is 2.26. The van der Waals surface area contributed by atoms with Crippen LogP contribution in [0.5, 0.6) is 0 Å². The maximum Gasteiger partial charge on any atom is 0.210 e. The van der Waals surface area contributed by atoms with Gasteiger partial charge >= 0.3 is 0 Å². The Morgan fingerprint density at radius 3 is 1.83 bits per heavy atom. The van der Waals surface area contributed by atoms with E-state index in [-0.39, 0.29) is 26.9 Å². The van der Waals surface area contributed by atoms with Gasteiger partial charge in [-0.15, -0.1) is 0 Å². The fraction of sp³-hybridized carbons (Fsp3) is 0.0588. The maximum atomic E-state index is 13.0. The van der Waals surface area contributed by atoms with E-state index in [4.69, 9.17) is 17.2 Å². The minimum Gasteiger partial charge on any atom is -0.397 e. The molecule has 3 rings (SSSR count). The first-order valence-electron chi connectivity index (χ1n) is 7.01. The zero-order chi connectivity index (χ0) is 16.8. The van der Waals surface area contributed by atoms with Gasteiger partial charge in [-0.05, 0) is 19.1 Å². The average molecular weight is 327 g/mol. The normalized spacial score (nSPS) is 11.7. The highest BCUT2D eigenvalue weighted by molar-refractivity contribution is 7.91. The van der Waals surface area contributed by atoms with E-state index in [0.717, 1.165) is 5.56 Å². The molecule has 0 saturated carbocycles. The van der Waals surface area contributed by atoms with E-state index in [1.807, 2.05) is 6.92 Å². The topological polar surface area (TPSA) is 112 Å². The number of nitrogens with two attached hydrogens (primary N) is 3. The Labute approximate surface area is 134 Å². The quantitative estimate of drug-likeness (QED) is 0.626. The second kappa shape index (κ2) is 5.17. The second-order valence-corrected chi connectivity index (χ2v) is 7.32. The molecule has 0 fully saturated rings. The Bertz CT molecular complexity index is 1010. The standard InChI is InChI=1S/C17H17N3O2S/c1-10-6-8-11(9-7-10)23(21,22)17-15(19)13-5-3-2-4-12(13)14(18)16(17)20/h2-9H,18-20H2,1H3. The number of rotatable bonds is 2. The number of nitrogen functional groups attached to an aromatic ring is 3. The molecule has 0 aliphatic rings. The van der Waals surface area contributed by atoms with Crippen molar-refractivity contribution in [3.05, 3.63) is 54.1 Å². The molecule has 0 spiro atoms. The molecule has 0 unspecified atom stereocenters. The van der Waals surface area contributed by atoms with Crippen LogP contribution < -0.4 is 17.2 Å². The van der Waals surface area contributed by atoms with Crippen LogP contribution in [0.25, 0.3) is 10.8 Å². The third kappa shape index (κ3) is 2.27. The zero-order valence-electron chi connectivity index (χ0n) is 12.6. The first-order chi connectivity index (χ1) is 10.8. The lowest BCUT2D eigenvalue weighted by atomic mass is 10.1. The Morgan fingerprint density at radius 2 is 1.26 bits per heavy atom. The van der Waals surface area contributed by atoms with Gasteiger partial charge in [0.1, 0.15) is 4.90 Å². The molecule has 118 valence electrons. The smallest absolute Gasteiger partial charge is 0.210 e. The molecule has 0 atom stereocenters. The highest BCUT2D eigenvalue weighted by atomic mass is 32.2. The monoisotopic (exact) mass is 327 g/mol. The van der Waals surface area contributed by atoms with Crippen LogP contribution in [-0.2, 0) is 9.84 Å². The molecular formula is C17H17N3O2S. The number of aryl methyl sites for hydroxylation is 1. The van der Waals surface area contributed by atoms with Crippen molar-refractivity contribution in [2.45, 2.75) is 16.7 Å². The zero-order valence-corrected chi connectivity index (χ0v) is 13.4. The minimum absolute atomic E-state index is 0.0122. The highest BCUT2D eigenvalue weighted by Crippen LogP contribution is 2.41. The number of fused-ring (bicyclic) bond motifs is 1. The van der Waals surface area contributed by atoms with E-state index in [2.05, 4.69) is 0 Å². The molecule has 6 heteroatoms. The van der Waals surface area contributed by atoms with Crippen molar-refractivity contribution in [1.29, 1.82) is 0 Å². The summed E-state index contributed by atoms with van der Waals surface area (Å²) < 4.78 is 25.9. The summed E-state index contributed by atoms with van der Waals surface area (Å²) >= 11 is 0. The lowest BCUT2D eigenvalue weighted by molar-refractivity contribution is 0.597. The van der Waals surface area contributed by atoms with Crippen molar-refractivity contribution in [3.63, 3.8) is 0 Å². The summed E-state index contributed by atoms with van der Waals surface area (Å²) in [7, 11) is -3.86. The van der Waals surface area contributed by atoms with Gasteiger partial charge < -0.3 is 17.2 Å². The van der Waals surface area contributed by atoms with Crippen LogP contribution in [0, 0.1) is 6.92 Å². The summed E-state index contributed by atoms with van der Waals surface area (Å²) in [6.45, 7) is 1.88. The lowest BCUT2D eigenvalue weighted by Gasteiger charge is -2.16. The van der Waals surface area contributed by atoms with Gasteiger partial charge in [-0.1, -0.05) is 42.0 Å². The van der Waals surface area contributed by atoms with Gasteiger partial charge in [-0.3, -0.25) is 0 Å². The molecule has 23 heavy (non-hydrogen) atoms. The average Bonchev–Trinajstić information content (AvgIpc) is 2.53. The van der Waals surface area contributed by atoms with Gasteiger partial charge in [-0.25, -0.2) is 8.42 Å². The van der Waals surface area contributed by atoms with Crippen molar-refractivity contribution in [3.8, 4) is 0 Å². The second-order valence-electron chi connectivity index (χ2n) is 5.43. The van der Waals surface area contributed by atoms with Crippen molar-refractivity contribution < 1.29 is 8.42 Å². The van der Waals surface area contributed by atoms with Crippen LogP contribution in [0.3, 0.4) is 0 Å². The third-order valence-corrected chi connectivity index (χ3v) is 5.76. The van der Waals surface area contributed by atoms with Crippen LogP contribution in [0.15, 0.2) is 58.3 Å². The third-order valence-electron chi connectivity index (χ3n) is 3.89. The van der Waals surface area contributed by atoms with Gasteiger partial charge in [0.05, 0.1) is 22.0 Å². The van der Waals surface area contributed by atoms with E-state index < -0.39 is 9.84 Å². The van der Waals surface area contributed by atoms with E-state index in [1.54, 1.807) is 36.4 Å². The van der Waals surface area contributed by atoms with E-state index in [9.17, 15) is 8.42 Å². The van der Waals surface area contributed by atoms with Gasteiger partial charge in [0.25, 0.3) is 0 Å². The fourth-order valence-corrected chi connectivity index (χ4v) is 4.14. The van der Waals surface area contributed by atoms with Gasteiger partial charge in [0.2, 0.25) is 9.84 Å². The van der Waals surface area contributed by atoms with Crippen molar-refractivity contribution in [2.24, 2.45) is 0 Å². The molecule has 6 N–H and O–H groups in total. The number of hydrogen-bond donors (Lipinski definition) is 3. The first-order valence-corrected chi connectivity index (χ1v) is 8.49. The summed E-state index contributed by atoms with van der Waals surface area (Å²) in [6.07, 6.45) is 0. The van der Waals surface area contributed by atoms with Crippen LogP contribution in [0.4, 0.5) is 17.1 Å². The number of sulfone groups is 1. The molecule has 0 aliphatic carbocycles. The van der Waals surface area contributed by atoms with E-state index in [1.165, 1.54) is 12.1 Å². The summed E-state index contributed by atoms with van der Waals surface area (Å²) in [6, 6.07) is 13.6. The van der Waals surface area contributed by atoms with E-state index >= 15 is 0 Å². The predicted molar refractivity (Wildman–Crippen MR) is 93.8 cm³/mol. The molecule has 0 radical (unpaired) electrons. The van der Waals surface area contributed by atoms with Crippen molar-refractivity contribution in [1.82, 2.24) is 0 Å². The number of hydrogen-bond acceptors (Lipinski definition) is 5. The molecule has 0 saturated heterocycles. The first kappa shape index (κ1) is 15.2. The summed E-state index contributed by atoms with van der Waals surface area (Å²) in [4.78, 5) is 0.00809. The van der Waals surface area contributed by atoms with Crippen LogP contribution in [0.1, 0.15) is 5.56 Å². The molecule has 0 aromatic heterocycles. The largest absolute Gasteiger partial charge is 0.397 e. The maximum absolute atomic E-state index is 13.0. The molecule has 0 bridgehead atoms. The van der Waals surface area contributed by atoms with Crippen LogP contribution in [-0.4, -0.2) is 8.42 Å². The summed E-state index contributed by atoms with van der Waals surface area (Å²) in [5.74, 6) is 0. The van der Waals surface area contributed by atoms with Crippen LogP contribution >= 0.6 is 0 Å². The number of anilines is 3. The Morgan fingerprint density at radius 1 is 0.739 bits per heavy atom. The summed E-state index contributed by atoms with van der Waals surface area (Å²) in [5, 5.41) is 1.22. The Balaban J connectivity index is 2.38. The molecular weight excluding hydrogens is 310 g/mol. The molecule has 5 nitrogen and oxygen atoms in total. The van der Waals surface area contributed by atoms with Gasteiger partial charge in [0, 0.05) is 10.8 Å². The minimum atomic E-state index is -3.86. The molecule has 0 amide bonds. The molecule has 3 aromatic rings. The van der Waals surface area contributed by atoms with Crippen molar-refractivity contribution in [2.75, 3.05) is 17.2 Å². The number of benzene rings is 3. The SMILES string of the molecule is Cc1ccc(S(=O)(=O)c2c(N)c(N)c3ccccc3c2N)cc1. The van der Waals surface area contributed by atoms with Crippen LogP contribution in [0.2, 0.25) is 0 Å². The van der Waals surface area contributed by atoms with Gasteiger partial charge in [-0.2, -0.15) is 0 Å². The van der Waals surface area contributed by atoms with Crippen molar-refractivity contribution >= 4 is 37.7 Å². The Kier molecular flexibility index (Phi) is 3.41. The molecule has 3 aromatic carbocycles.